The minimum absolute atomic E-state index is 0.0556. The van der Waals surface area contributed by atoms with E-state index in [0.717, 1.165) is 23.9 Å². The van der Waals surface area contributed by atoms with Crippen molar-refractivity contribution in [2.45, 2.75) is 33.0 Å². The van der Waals surface area contributed by atoms with Crippen molar-refractivity contribution in [3.63, 3.8) is 0 Å². The van der Waals surface area contributed by atoms with Crippen molar-refractivity contribution in [3.8, 4) is 5.88 Å². The SMILES string of the molecule is Cc1ccc(C2CN(c3nccnc3OC(C)C)CCO2)o1. The molecule has 118 valence electrons. The summed E-state index contributed by atoms with van der Waals surface area (Å²) in [6.45, 7) is 7.92. The predicted octanol–water partition coefficient (Wildman–Crippen LogP) is 2.74. The van der Waals surface area contributed by atoms with Crippen LogP contribution in [0.25, 0.3) is 0 Å². The Morgan fingerprint density at radius 3 is 2.82 bits per heavy atom. The maximum Gasteiger partial charge on any atom is 0.257 e. The van der Waals surface area contributed by atoms with Crippen LogP contribution < -0.4 is 9.64 Å². The number of hydrogen-bond donors (Lipinski definition) is 0. The summed E-state index contributed by atoms with van der Waals surface area (Å²) < 4.78 is 17.3. The number of aryl methyl sites for hydroxylation is 1. The minimum atomic E-state index is -0.101. The lowest BCUT2D eigenvalue weighted by molar-refractivity contribution is 0.0247. The summed E-state index contributed by atoms with van der Waals surface area (Å²) in [6, 6.07) is 3.92. The first-order valence-electron chi connectivity index (χ1n) is 7.54. The first-order valence-corrected chi connectivity index (χ1v) is 7.54. The molecular formula is C16H21N3O3. The lowest BCUT2D eigenvalue weighted by atomic mass is 10.2. The van der Waals surface area contributed by atoms with Crippen LogP contribution in [0, 0.1) is 6.92 Å². The minimum Gasteiger partial charge on any atom is -0.472 e. The van der Waals surface area contributed by atoms with Gasteiger partial charge in [0.2, 0.25) is 0 Å². The molecule has 0 aromatic carbocycles. The number of nitrogens with zero attached hydrogens (tertiary/aromatic N) is 3. The van der Waals surface area contributed by atoms with Crippen LogP contribution in [0.4, 0.5) is 5.82 Å². The van der Waals surface area contributed by atoms with Gasteiger partial charge in [0, 0.05) is 18.9 Å². The molecule has 1 aliphatic rings. The zero-order chi connectivity index (χ0) is 15.5. The molecule has 0 radical (unpaired) electrons. The Bertz CT molecular complexity index is 627. The van der Waals surface area contributed by atoms with Crippen molar-refractivity contribution in [3.05, 3.63) is 36.0 Å². The van der Waals surface area contributed by atoms with E-state index in [0.29, 0.717) is 19.0 Å². The lowest BCUT2D eigenvalue weighted by Gasteiger charge is -2.33. The highest BCUT2D eigenvalue weighted by Crippen LogP contribution is 2.30. The molecule has 0 amide bonds. The highest BCUT2D eigenvalue weighted by atomic mass is 16.5. The fourth-order valence-corrected chi connectivity index (χ4v) is 2.48. The van der Waals surface area contributed by atoms with E-state index in [-0.39, 0.29) is 12.2 Å². The average molecular weight is 303 g/mol. The Morgan fingerprint density at radius 1 is 1.27 bits per heavy atom. The van der Waals surface area contributed by atoms with Crippen LogP contribution in [0.5, 0.6) is 5.88 Å². The summed E-state index contributed by atoms with van der Waals surface area (Å²) in [6.07, 6.45) is 3.29. The van der Waals surface area contributed by atoms with Gasteiger partial charge in [0.15, 0.2) is 5.82 Å². The largest absolute Gasteiger partial charge is 0.472 e. The second-order valence-electron chi connectivity index (χ2n) is 5.61. The second-order valence-corrected chi connectivity index (χ2v) is 5.61. The Labute approximate surface area is 130 Å². The summed E-state index contributed by atoms with van der Waals surface area (Å²) in [5.41, 5.74) is 0. The fourth-order valence-electron chi connectivity index (χ4n) is 2.48. The summed E-state index contributed by atoms with van der Waals surface area (Å²) >= 11 is 0. The van der Waals surface area contributed by atoms with Crippen molar-refractivity contribution in [1.29, 1.82) is 0 Å². The first-order chi connectivity index (χ1) is 10.6. The number of anilines is 1. The molecule has 1 aliphatic heterocycles. The van der Waals surface area contributed by atoms with Crippen LogP contribution in [0.2, 0.25) is 0 Å². The van der Waals surface area contributed by atoms with E-state index in [1.807, 2.05) is 32.9 Å². The Balaban J connectivity index is 1.80. The molecule has 1 unspecified atom stereocenters. The monoisotopic (exact) mass is 303 g/mol. The average Bonchev–Trinajstić information content (AvgIpc) is 2.94. The topological polar surface area (TPSA) is 60.6 Å². The van der Waals surface area contributed by atoms with Gasteiger partial charge in [-0.05, 0) is 32.9 Å². The smallest absolute Gasteiger partial charge is 0.257 e. The first kappa shape index (κ1) is 14.8. The van der Waals surface area contributed by atoms with Gasteiger partial charge in [-0.3, -0.25) is 0 Å². The van der Waals surface area contributed by atoms with Gasteiger partial charge < -0.3 is 18.8 Å². The number of morpholine rings is 1. The normalized spacial score (nSPS) is 18.7. The number of ether oxygens (including phenoxy) is 2. The third-order valence-electron chi connectivity index (χ3n) is 3.44. The molecule has 1 saturated heterocycles. The maximum absolute atomic E-state index is 5.83. The Morgan fingerprint density at radius 2 is 2.09 bits per heavy atom. The van der Waals surface area contributed by atoms with E-state index in [4.69, 9.17) is 13.9 Å². The van der Waals surface area contributed by atoms with Gasteiger partial charge in [-0.25, -0.2) is 9.97 Å². The molecule has 0 aliphatic carbocycles. The molecule has 0 bridgehead atoms. The van der Waals surface area contributed by atoms with Crippen LogP contribution in [0.15, 0.2) is 28.9 Å². The van der Waals surface area contributed by atoms with E-state index in [9.17, 15) is 0 Å². The third kappa shape index (κ3) is 3.22. The summed E-state index contributed by atoms with van der Waals surface area (Å²) in [7, 11) is 0. The fraction of sp³-hybridized carbons (Fsp3) is 0.500. The van der Waals surface area contributed by atoms with Crippen LogP contribution >= 0.6 is 0 Å². The van der Waals surface area contributed by atoms with Gasteiger partial charge in [-0.2, -0.15) is 0 Å². The Kier molecular flexibility index (Phi) is 4.29. The number of hydrogen-bond acceptors (Lipinski definition) is 6. The summed E-state index contributed by atoms with van der Waals surface area (Å²) in [4.78, 5) is 10.9. The van der Waals surface area contributed by atoms with Gasteiger partial charge >= 0.3 is 0 Å². The number of furan rings is 1. The van der Waals surface area contributed by atoms with Gasteiger partial charge in [-0.1, -0.05) is 0 Å². The molecule has 1 fully saturated rings. The van der Waals surface area contributed by atoms with Crippen molar-refractivity contribution in [2.24, 2.45) is 0 Å². The highest BCUT2D eigenvalue weighted by Gasteiger charge is 2.27. The van der Waals surface area contributed by atoms with E-state index in [1.54, 1.807) is 12.4 Å². The predicted molar refractivity (Wildman–Crippen MR) is 82.1 cm³/mol. The van der Waals surface area contributed by atoms with E-state index >= 15 is 0 Å². The van der Waals surface area contributed by atoms with E-state index in [1.165, 1.54) is 0 Å². The quantitative estimate of drug-likeness (QED) is 0.865. The molecule has 1 atom stereocenters. The van der Waals surface area contributed by atoms with Crippen LogP contribution in [0.1, 0.15) is 31.5 Å². The summed E-state index contributed by atoms with van der Waals surface area (Å²) in [5.74, 6) is 3.05. The van der Waals surface area contributed by atoms with Gasteiger partial charge in [0.1, 0.15) is 17.6 Å². The third-order valence-corrected chi connectivity index (χ3v) is 3.44. The standard InChI is InChI=1S/C16H21N3O3/c1-11(2)21-16-15(17-6-7-18-16)19-8-9-20-14(10-19)13-5-4-12(3)22-13/h4-7,11,14H,8-10H2,1-3H3. The molecule has 0 saturated carbocycles. The lowest BCUT2D eigenvalue weighted by Crippen LogP contribution is -2.39. The molecule has 6 heteroatoms. The second kappa shape index (κ2) is 6.36. The van der Waals surface area contributed by atoms with Crippen molar-refractivity contribution >= 4 is 5.82 Å². The molecule has 2 aromatic rings. The Hall–Kier alpha value is -2.08. The molecule has 3 rings (SSSR count). The zero-order valence-corrected chi connectivity index (χ0v) is 13.2. The van der Waals surface area contributed by atoms with Crippen molar-refractivity contribution in [1.82, 2.24) is 9.97 Å². The molecule has 6 nitrogen and oxygen atoms in total. The van der Waals surface area contributed by atoms with Crippen LogP contribution in [0.3, 0.4) is 0 Å². The van der Waals surface area contributed by atoms with Gasteiger partial charge in [0.25, 0.3) is 5.88 Å². The molecule has 0 N–H and O–H groups in total. The highest BCUT2D eigenvalue weighted by molar-refractivity contribution is 5.48. The molecule has 22 heavy (non-hydrogen) atoms. The number of aromatic nitrogens is 2. The maximum atomic E-state index is 5.83. The molecular weight excluding hydrogens is 282 g/mol. The molecule has 3 heterocycles. The summed E-state index contributed by atoms with van der Waals surface area (Å²) in [5, 5.41) is 0. The molecule has 2 aromatic heterocycles. The van der Waals surface area contributed by atoms with Gasteiger partial charge in [-0.15, -0.1) is 0 Å². The van der Waals surface area contributed by atoms with Crippen molar-refractivity contribution < 1.29 is 13.9 Å². The van der Waals surface area contributed by atoms with Crippen LogP contribution in [-0.4, -0.2) is 35.8 Å². The van der Waals surface area contributed by atoms with E-state index < -0.39 is 0 Å². The van der Waals surface area contributed by atoms with Crippen LogP contribution in [-0.2, 0) is 4.74 Å². The zero-order valence-electron chi connectivity index (χ0n) is 13.2. The van der Waals surface area contributed by atoms with Crippen molar-refractivity contribution in [2.75, 3.05) is 24.6 Å². The number of rotatable bonds is 4. The van der Waals surface area contributed by atoms with Gasteiger partial charge in [0.05, 0.1) is 19.3 Å². The molecule has 0 spiro atoms. The van der Waals surface area contributed by atoms with E-state index in [2.05, 4.69) is 14.9 Å².